The molecule has 8 atom stereocenters. The molecule has 0 radical (unpaired) electrons. The zero-order chi connectivity index (χ0) is 7.45. The second-order valence-corrected chi connectivity index (χ2v) is 5.73. The third-order valence-electron chi connectivity index (χ3n) is 5.84. The smallest absolute Gasteiger partial charge is 0.0616 e. The van der Waals surface area contributed by atoms with Gasteiger partial charge in [-0.1, -0.05) is 0 Å². The summed E-state index contributed by atoms with van der Waals surface area (Å²) in [6, 6.07) is 0. The Hall–Kier alpha value is -0.0400. The average molecular weight is 162 g/mol. The Morgan fingerprint density at radius 1 is 0.667 bits per heavy atom. The van der Waals surface area contributed by atoms with Crippen LogP contribution in [0.2, 0.25) is 0 Å². The number of hydrogen-bond acceptors (Lipinski definition) is 1. The van der Waals surface area contributed by atoms with Crippen molar-refractivity contribution < 1.29 is 4.74 Å². The average Bonchev–Trinajstić information content (AvgIpc) is 2.57. The molecular formula is C11H14O. The summed E-state index contributed by atoms with van der Waals surface area (Å²) in [5, 5.41) is 0. The molecule has 0 aromatic carbocycles. The maximum absolute atomic E-state index is 6.13. The van der Waals surface area contributed by atoms with Crippen LogP contribution in [0.3, 0.4) is 0 Å². The molecule has 1 heteroatoms. The number of hydrogen-bond donors (Lipinski definition) is 0. The first-order chi connectivity index (χ1) is 5.93. The van der Waals surface area contributed by atoms with Crippen molar-refractivity contribution in [1.82, 2.24) is 0 Å². The second kappa shape index (κ2) is 1.39. The minimum absolute atomic E-state index is 0.729. The van der Waals surface area contributed by atoms with Crippen LogP contribution in [0.5, 0.6) is 0 Å². The van der Waals surface area contributed by atoms with Crippen molar-refractivity contribution in [3.8, 4) is 0 Å². The molecule has 0 amide bonds. The summed E-state index contributed by atoms with van der Waals surface area (Å²) in [7, 11) is 0. The molecule has 12 heavy (non-hydrogen) atoms. The van der Waals surface area contributed by atoms with Crippen molar-refractivity contribution in [2.45, 2.75) is 31.5 Å². The van der Waals surface area contributed by atoms with E-state index in [4.69, 9.17) is 4.74 Å². The standard InChI is InChI=1S/C11H14O/c1-6-4-2-8-10(6)11-7(1)5(4)3-9(11)12-8/h4-11H,1-3H2/t4-,5-,6+,7+,8+,9+,10-,11+/m1/s1. The monoisotopic (exact) mass is 162 g/mol. The number of ether oxygens (including phenoxy) is 1. The van der Waals surface area contributed by atoms with Crippen LogP contribution in [0.15, 0.2) is 0 Å². The molecule has 1 nitrogen and oxygen atoms in total. The Morgan fingerprint density at radius 2 is 1.25 bits per heavy atom. The Bertz CT molecular complexity index is 244. The topological polar surface area (TPSA) is 9.23 Å². The lowest BCUT2D eigenvalue weighted by Gasteiger charge is -2.23. The van der Waals surface area contributed by atoms with Gasteiger partial charge in [0, 0.05) is 0 Å². The van der Waals surface area contributed by atoms with Crippen molar-refractivity contribution in [2.24, 2.45) is 35.5 Å². The van der Waals surface area contributed by atoms with Crippen LogP contribution >= 0.6 is 0 Å². The van der Waals surface area contributed by atoms with Gasteiger partial charge < -0.3 is 4.74 Å². The first kappa shape index (κ1) is 5.64. The van der Waals surface area contributed by atoms with Gasteiger partial charge in [0.05, 0.1) is 12.2 Å². The summed E-state index contributed by atoms with van der Waals surface area (Å²) in [6.07, 6.45) is 5.95. The molecule has 0 aromatic rings. The molecule has 5 fully saturated rings. The van der Waals surface area contributed by atoms with Crippen molar-refractivity contribution in [3.05, 3.63) is 0 Å². The van der Waals surface area contributed by atoms with Gasteiger partial charge in [0.25, 0.3) is 0 Å². The van der Waals surface area contributed by atoms with Crippen molar-refractivity contribution >= 4 is 0 Å². The van der Waals surface area contributed by atoms with Gasteiger partial charge in [-0.3, -0.25) is 0 Å². The molecule has 5 aliphatic rings. The lowest BCUT2D eigenvalue weighted by atomic mass is 9.80. The third kappa shape index (κ3) is 0.348. The molecule has 0 aromatic heterocycles. The summed E-state index contributed by atoms with van der Waals surface area (Å²) in [5.74, 6) is 6.58. The van der Waals surface area contributed by atoms with E-state index in [1.807, 2.05) is 0 Å². The van der Waals surface area contributed by atoms with E-state index in [0.29, 0.717) is 0 Å². The quantitative estimate of drug-likeness (QED) is 0.526. The number of fused-ring (bicyclic) bond motifs is 1. The first-order valence-electron chi connectivity index (χ1n) is 5.59. The fraction of sp³-hybridized carbons (Fsp3) is 1.00. The molecule has 1 heterocycles. The summed E-state index contributed by atoms with van der Waals surface area (Å²) in [5.41, 5.74) is 0. The molecule has 1 aliphatic heterocycles. The lowest BCUT2D eigenvalue weighted by Crippen LogP contribution is -2.22. The maximum Gasteiger partial charge on any atom is 0.0616 e. The number of rotatable bonds is 0. The molecule has 2 bridgehead atoms. The molecule has 64 valence electrons. The van der Waals surface area contributed by atoms with Gasteiger partial charge >= 0.3 is 0 Å². The van der Waals surface area contributed by atoms with Crippen molar-refractivity contribution in [1.29, 1.82) is 0 Å². The zero-order valence-electron chi connectivity index (χ0n) is 7.15. The molecule has 0 spiro atoms. The van der Waals surface area contributed by atoms with Gasteiger partial charge in [-0.2, -0.15) is 0 Å². The van der Waals surface area contributed by atoms with Gasteiger partial charge in [-0.15, -0.1) is 0 Å². The van der Waals surface area contributed by atoms with Crippen molar-refractivity contribution in [3.63, 3.8) is 0 Å². The highest BCUT2D eigenvalue weighted by Crippen LogP contribution is 2.74. The second-order valence-electron chi connectivity index (χ2n) is 5.73. The molecule has 4 saturated carbocycles. The fourth-order valence-electron chi connectivity index (χ4n) is 5.87. The van der Waals surface area contributed by atoms with E-state index in [2.05, 4.69) is 0 Å². The van der Waals surface area contributed by atoms with E-state index in [0.717, 1.165) is 47.7 Å². The van der Waals surface area contributed by atoms with E-state index in [-0.39, 0.29) is 0 Å². The zero-order valence-corrected chi connectivity index (χ0v) is 7.15. The Balaban J connectivity index is 1.87. The predicted molar refractivity (Wildman–Crippen MR) is 43.5 cm³/mol. The van der Waals surface area contributed by atoms with Gasteiger partial charge in [0.1, 0.15) is 0 Å². The van der Waals surface area contributed by atoms with Crippen LogP contribution in [0.1, 0.15) is 19.3 Å². The van der Waals surface area contributed by atoms with Gasteiger partial charge in [0.15, 0.2) is 0 Å². The minimum Gasteiger partial charge on any atom is -0.374 e. The summed E-state index contributed by atoms with van der Waals surface area (Å²) < 4.78 is 6.13. The Kier molecular flexibility index (Phi) is 0.654. The predicted octanol–water partition coefficient (Wildman–Crippen LogP) is 1.68. The van der Waals surface area contributed by atoms with Crippen LogP contribution in [-0.4, -0.2) is 12.2 Å². The summed E-state index contributed by atoms with van der Waals surface area (Å²) in [4.78, 5) is 0. The largest absolute Gasteiger partial charge is 0.374 e. The minimum atomic E-state index is 0.729. The maximum atomic E-state index is 6.13. The summed E-state index contributed by atoms with van der Waals surface area (Å²) >= 11 is 0. The molecule has 4 aliphatic carbocycles. The first-order valence-corrected chi connectivity index (χ1v) is 5.59. The van der Waals surface area contributed by atoms with E-state index >= 15 is 0 Å². The highest BCUT2D eigenvalue weighted by Gasteiger charge is 2.73. The SMILES string of the molecule is C1[C@H]2[C@@H]3C[C@@H]4O[C@H]5C[C@H]3[C@H]1[C@H]5[C@@H]24. The highest BCUT2D eigenvalue weighted by molar-refractivity contribution is 5.20. The van der Waals surface area contributed by atoms with Crippen LogP contribution in [0.4, 0.5) is 0 Å². The Labute approximate surface area is 72.5 Å². The van der Waals surface area contributed by atoms with E-state index < -0.39 is 0 Å². The van der Waals surface area contributed by atoms with Gasteiger partial charge in [-0.25, -0.2) is 0 Å². The van der Waals surface area contributed by atoms with E-state index in [1.165, 1.54) is 12.8 Å². The lowest BCUT2D eigenvalue weighted by molar-refractivity contribution is 0.0392. The molecule has 1 saturated heterocycles. The molecule has 5 rings (SSSR count). The van der Waals surface area contributed by atoms with Crippen LogP contribution in [0, 0.1) is 35.5 Å². The fourth-order valence-corrected chi connectivity index (χ4v) is 5.87. The van der Waals surface area contributed by atoms with E-state index in [9.17, 15) is 0 Å². The molecule has 0 unspecified atom stereocenters. The summed E-state index contributed by atoms with van der Waals surface area (Å²) in [6.45, 7) is 0. The molecule has 0 N–H and O–H groups in total. The molecular weight excluding hydrogens is 148 g/mol. The normalized spacial score (nSPS) is 80.0. The van der Waals surface area contributed by atoms with E-state index in [1.54, 1.807) is 6.42 Å². The van der Waals surface area contributed by atoms with Crippen LogP contribution in [0.25, 0.3) is 0 Å². The van der Waals surface area contributed by atoms with Crippen molar-refractivity contribution in [2.75, 3.05) is 0 Å². The van der Waals surface area contributed by atoms with Crippen LogP contribution in [-0.2, 0) is 4.74 Å². The highest BCUT2D eigenvalue weighted by atomic mass is 16.5. The Morgan fingerprint density at radius 3 is 1.83 bits per heavy atom. The van der Waals surface area contributed by atoms with Gasteiger partial charge in [0.2, 0.25) is 0 Å². The van der Waals surface area contributed by atoms with Crippen LogP contribution < -0.4 is 0 Å². The van der Waals surface area contributed by atoms with Gasteiger partial charge in [-0.05, 0) is 54.8 Å². The third-order valence-corrected chi connectivity index (χ3v) is 5.84.